The van der Waals surface area contributed by atoms with Crippen molar-refractivity contribution in [3.8, 4) is 0 Å². The zero-order valence-corrected chi connectivity index (χ0v) is 15.5. The van der Waals surface area contributed by atoms with E-state index in [0.29, 0.717) is 36.7 Å². The van der Waals surface area contributed by atoms with Gasteiger partial charge < -0.3 is 16.0 Å². The second-order valence-corrected chi connectivity index (χ2v) is 6.91. The predicted molar refractivity (Wildman–Crippen MR) is 102 cm³/mol. The number of amides is 3. The molecule has 3 amide bonds. The lowest BCUT2D eigenvalue weighted by Gasteiger charge is -2.20. The van der Waals surface area contributed by atoms with Crippen LogP contribution in [-0.2, 0) is 9.59 Å². The van der Waals surface area contributed by atoms with E-state index in [1.165, 1.54) is 39.0 Å². The van der Waals surface area contributed by atoms with Gasteiger partial charge in [0.15, 0.2) is 0 Å². The summed E-state index contributed by atoms with van der Waals surface area (Å²) in [6.07, 6.45) is 7.97. The van der Waals surface area contributed by atoms with Crippen molar-refractivity contribution in [3.05, 3.63) is 29.8 Å². The van der Waals surface area contributed by atoms with Crippen LogP contribution in [0.25, 0.3) is 0 Å². The molecule has 26 heavy (non-hydrogen) atoms. The van der Waals surface area contributed by atoms with Crippen LogP contribution < -0.4 is 16.0 Å². The fourth-order valence-electron chi connectivity index (χ4n) is 3.29. The Balaban J connectivity index is 1.60. The van der Waals surface area contributed by atoms with Gasteiger partial charge >= 0.3 is 0 Å². The van der Waals surface area contributed by atoms with Crippen LogP contribution in [0.4, 0.5) is 5.69 Å². The van der Waals surface area contributed by atoms with Gasteiger partial charge in [-0.2, -0.15) is 0 Å². The summed E-state index contributed by atoms with van der Waals surface area (Å²) in [5.74, 6) is 0.413. The molecule has 2 rings (SSSR count). The summed E-state index contributed by atoms with van der Waals surface area (Å²) >= 11 is 0. The highest BCUT2D eigenvalue weighted by atomic mass is 16.2. The van der Waals surface area contributed by atoms with Gasteiger partial charge in [0.2, 0.25) is 11.8 Å². The number of hydrogen-bond acceptors (Lipinski definition) is 3. The third kappa shape index (κ3) is 7.25. The van der Waals surface area contributed by atoms with Gasteiger partial charge in [-0.3, -0.25) is 14.4 Å². The summed E-state index contributed by atoms with van der Waals surface area (Å²) in [5, 5.41) is 8.29. The van der Waals surface area contributed by atoms with E-state index >= 15 is 0 Å². The number of carbonyl (C=O) groups is 3. The second kappa shape index (κ2) is 10.6. The summed E-state index contributed by atoms with van der Waals surface area (Å²) in [4.78, 5) is 34.9. The molecule has 0 radical (unpaired) electrons. The van der Waals surface area contributed by atoms with Gasteiger partial charge in [0, 0.05) is 37.7 Å². The first kappa shape index (κ1) is 19.9. The molecule has 1 aliphatic rings. The molecule has 0 saturated heterocycles. The Morgan fingerprint density at radius 3 is 2.27 bits per heavy atom. The normalized spacial score (nSPS) is 14.5. The monoisotopic (exact) mass is 359 g/mol. The largest absolute Gasteiger partial charge is 0.354 e. The summed E-state index contributed by atoms with van der Waals surface area (Å²) < 4.78 is 0. The second-order valence-electron chi connectivity index (χ2n) is 6.91. The first-order valence-electron chi connectivity index (χ1n) is 9.47. The molecule has 6 nitrogen and oxygen atoms in total. The number of nitrogens with one attached hydrogen (secondary N) is 3. The van der Waals surface area contributed by atoms with E-state index in [2.05, 4.69) is 16.0 Å². The highest BCUT2D eigenvalue weighted by Gasteiger charge is 2.14. The summed E-state index contributed by atoms with van der Waals surface area (Å²) in [7, 11) is 0. The van der Waals surface area contributed by atoms with Crippen molar-refractivity contribution >= 4 is 23.4 Å². The van der Waals surface area contributed by atoms with Crippen molar-refractivity contribution in [2.45, 2.75) is 51.9 Å². The van der Waals surface area contributed by atoms with E-state index in [1.807, 2.05) is 0 Å². The molecule has 0 bridgehead atoms. The Labute approximate surface area is 155 Å². The molecule has 6 heteroatoms. The fraction of sp³-hybridized carbons (Fsp3) is 0.550. The Morgan fingerprint density at radius 1 is 0.962 bits per heavy atom. The van der Waals surface area contributed by atoms with Crippen molar-refractivity contribution in [1.82, 2.24) is 10.6 Å². The van der Waals surface area contributed by atoms with Crippen LogP contribution in [0.2, 0.25) is 0 Å². The average Bonchev–Trinajstić information content (AvgIpc) is 2.64. The van der Waals surface area contributed by atoms with Crippen LogP contribution in [-0.4, -0.2) is 30.8 Å². The number of anilines is 1. The van der Waals surface area contributed by atoms with Crippen LogP contribution in [0, 0.1) is 5.92 Å². The lowest BCUT2D eigenvalue weighted by molar-refractivity contribution is -0.121. The van der Waals surface area contributed by atoms with Crippen LogP contribution in [0.1, 0.15) is 62.2 Å². The van der Waals surface area contributed by atoms with Crippen LogP contribution in [0.15, 0.2) is 24.3 Å². The fourth-order valence-corrected chi connectivity index (χ4v) is 3.29. The van der Waals surface area contributed by atoms with Crippen molar-refractivity contribution in [2.24, 2.45) is 5.92 Å². The highest BCUT2D eigenvalue weighted by molar-refractivity contribution is 5.95. The van der Waals surface area contributed by atoms with Gasteiger partial charge in [-0.15, -0.1) is 0 Å². The summed E-state index contributed by atoms with van der Waals surface area (Å²) in [6.45, 7) is 2.25. The van der Waals surface area contributed by atoms with Crippen LogP contribution >= 0.6 is 0 Å². The molecule has 0 heterocycles. The molecule has 0 spiro atoms. The Kier molecular flexibility index (Phi) is 8.12. The third-order valence-electron chi connectivity index (χ3n) is 4.70. The van der Waals surface area contributed by atoms with E-state index in [0.717, 1.165) is 6.42 Å². The van der Waals surface area contributed by atoms with Crippen molar-refractivity contribution in [1.29, 1.82) is 0 Å². The van der Waals surface area contributed by atoms with Gasteiger partial charge in [0.05, 0.1) is 0 Å². The number of rotatable bonds is 8. The van der Waals surface area contributed by atoms with Gasteiger partial charge in [-0.05, 0) is 36.6 Å². The molecule has 1 aliphatic carbocycles. The maximum absolute atomic E-state index is 12.0. The lowest BCUT2D eigenvalue weighted by atomic mass is 9.86. The first-order valence-corrected chi connectivity index (χ1v) is 9.47. The van der Waals surface area contributed by atoms with E-state index in [4.69, 9.17) is 0 Å². The molecular formula is C20H29N3O3. The Hall–Kier alpha value is -2.37. The molecule has 0 aliphatic heterocycles. The molecule has 0 unspecified atom stereocenters. The minimum absolute atomic E-state index is 0.0597. The molecule has 3 N–H and O–H groups in total. The summed E-state index contributed by atoms with van der Waals surface area (Å²) in [5.41, 5.74) is 1.17. The lowest BCUT2D eigenvalue weighted by Crippen LogP contribution is -2.34. The van der Waals surface area contributed by atoms with Gasteiger partial charge in [0.25, 0.3) is 5.91 Å². The van der Waals surface area contributed by atoms with Gasteiger partial charge in [-0.1, -0.05) is 32.1 Å². The highest BCUT2D eigenvalue weighted by Crippen LogP contribution is 2.27. The maximum atomic E-state index is 12.0. The van der Waals surface area contributed by atoms with Crippen molar-refractivity contribution in [3.63, 3.8) is 0 Å². The number of benzene rings is 1. The zero-order valence-electron chi connectivity index (χ0n) is 15.5. The minimum Gasteiger partial charge on any atom is -0.354 e. The topological polar surface area (TPSA) is 87.3 Å². The molecule has 1 fully saturated rings. The molecule has 1 saturated carbocycles. The Morgan fingerprint density at radius 2 is 1.62 bits per heavy atom. The number of hydrogen-bond donors (Lipinski definition) is 3. The van der Waals surface area contributed by atoms with Crippen LogP contribution in [0.3, 0.4) is 0 Å². The van der Waals surface area contributed by atoms with E-state index in [-0.39, 0.29) is 17.7 Å². The molecular weight excluding hydrogens is 330 g/mol. The quantitative estimate of drug-likeness (QED) is 0.624. The first-order chi connectivity index (χ1) is 12.5. The Bertz CT molecular complexity index is 607. The van der Waals surface area contributed by atoms with Gasteiger partial charge in [-0.25, -0.2) is 0 Å². The molecule has 0 atom stereocenters. The predicted octanol–water partition coefficient (Wildman–Crippen LogP) is 2.85. The molecule has 0 aromatic heterocycles. The van der Waals surface area contributed by atoms with E-state index in [1.54, 1.807) is 24.3 Å². The van der Waals surface area contributed by atoms with Crippen LogP contribution in [0.5, 0.6) is 0 Å². The third-order valence-corrected chi connectivity index (χ3v) is 4.70. The standard InChI is InChI=1S/C20H29N3O3/c1-15(24)23-18-10-8-17(9-11-18)20(26)22-14-13-21-19(25)12-7-16-5-3-2-4-6-16/h8-11,16H,2-7,12-14H2,1H3,(H,21,25)(H,22,26)(H,23,24). The smallest absolute Gasteiger partial charge is 0.251 e. The molecule has 1 aromatic carbocycles. The SMILES string of the molecule is CC(=O)Nc1ccc(C(=O)NCCNC(=O)CCC2CCCCC2)cc1. The summed E-state index contributed by atoms with van der Waals surface area (Å²) in [6, 6.07) is 6.68. The molecule has 142 valence electrons. The number of carbonyl (C=O) groups excluding carboxylic acids is 3. The zero-order chi connectivity index (χ0) is 18.8. The minimum atomic E-state index is -0.198. The van der Waals surface area contributed by atoms with Crippen molar-refractivity contribution < 1.29 is 14.4 Å². The van der Waals surface area contributed by atoms with Gasteiger partial charge in [0.1, 0.15) is 0 Å². The maximum Gasteiger partial charge on any atom is 0.251 e. The average molecular weight is 359 g/mol. The molecule has 1 aromatic rings. The van der Waals surface area contributed by atoms with E-state index in [9.17, 15) is 14.4 Å². The van der Waals surface area contributed by atoms with Crippen molar-refractivity contribution in [2.75, 3.05) is 18.4 Å². The van der Waals surface area contributed by atoms with E-state index < -0.39 is 0 Å².